The number of halogens is 1. The summed E-state index contributed by atoms with van der Waals surface area (Å²) >= 11 is 3.44. The molecule has 0 bridgehead atoms. The summed E-state index contributed by atoms with van der Waals surface area (Å²) in [5, 5.41) is 12.0. The fourth-order valence-corrected chi connectivity index (χ4v) is 2.76. The molecule has 1 saturated heterocycles. The van der Waals surface area contributed by atoms with Crippen LogP contribution in [0.4, 0.5) is 5.69 Å². The van der Waals surface area contributed by atoms with Crippen molar-refractivity contribution in [2.24, 2.45) is 0 Å². The first-order valence-electron chi connectivity index (χ1n) is 6.11. The summed E-state index contributed by atoms with van der Waals surface area (Å²) in [4.78, 5) is 13.9. The van der Waals surface area contributed by atoms with Gasteiger partial charge in [-0.05, 0) is 24.1 Å². The summed E-state index contributed by atoms with van der Waals surface area (Å²) in [6, 6.07) is 5.70. The molecule has 1 heterocycles. The minimum absolute atomic E-state index is 0.0125. The fourth-order valence-electron chi connectivity index (χ4n) is 2.27. The van der Waals surface area contributed by atoms with Crippen molar-refractivity contribution in [3.63, 3.8) is 0 Å². The average Bonchev–Trinajstić information content (AvgIpc) is 2.38. The third kappa shape index (κ3) is 2.52. The van der Waals surface area contributed by atoms with E-state index in [1.54, 1.807) is 0 Å². The Kier molecular flexibility index (Phi) is 4.24. The van der Waals surface area contributed by atoms with Gasteiger partial charge in [0.1, 0.15) is 6.04 Å². The molecule has 2 N–H and O–H groups in total. The van der Waals surface area contributed by atoms with E-state index in [0.717, 1.165) is 28.7 Å². The quantitative estimate of drug-likeness (QED) is 0.892. The van der Waals surface area contributed by atoms with Crippen molar-refractivity contribution in [1.29, 1.82) is 0 Å². The third-order valence-corrected chi connectivity index (χ3v) is 3.99. The molecule has 1 aliphatic rings. The van der Waals surface area contributed by atoms with Crippen molar-refractivity contribution in [2.75, 3.05) is 18.0 Å². The lowest BCUT2D eigenvalue weighted by molar-refractivity contribution is -0.123. The van der Waals surface area contributed by atoms with Crippen molar-refractivity contribution < 1.29 is 9.90 Å². The molecule has 0 saturated carbocycles. The van der Waals surface area contributed by atoms with Crippen LogP contribution < -0.4 is 10.2 Å². The molecule has 5 heteroatoms. The topological polar surface area (TPSA) is 52.6 Å². The number of aliphatic hydroxyl groups excluding tert-OH is 1. The standard InChI is InChI=1S/C13H17BrN2O2/c1-2-12-13(18)15-5-6-16(12)10-4-3-9(8-17)11(14)7-10/h3-4,7,12,17H,2,5-6,8H2,1H3,(H,15,18). The van der Waals surface area contributed by atoms with E-state index in [2.05, 4.69) is 26.1 Å². The van der Waals surface area contributed by atoms with E-state index in [1.165, 1.54) is 0 Å². The maximum Gasteiger partial charge on any atom is 0.242 e. The number of amides is 1. The number of nitrogens with one attached hydrogen (secondary N) is 1. The molecule has 0 aliphatic carbocycles. The van der Waals surface area contributed by atoms with E-state index in [-0.39, 0.29) is 18.6 Å². The molecular formula is C13H17BrN2O2. The van der Waals surface area contributed by atoms with Crippen LogP contribution in [0.3, 0.4) is 0 Å². The molecule has 18 heavy (non-hydrogen) atoms. The molecular weight excluding hydrogens is 296 g/mol. The van der Waals surface area contributed by atoms with Gasteiger partial charge in [0.15, 0.2) is 0 Å². The smallest absolute Gasteiger partial charge is 0.242 e. The first-order chi connectivity index (χ1) is 8.67. The lowest BCUT2D eigenvalue weighted by Crippen LogP contribution is -2.55. The van der Waals surface area contributed by atoms with Gasteiger partial charge in [-0.25, -0.2) is 0 Å². The summed E-state index contributed by atoms with van der Waals surface area (Å²) in [6.07, 6.45) is 0.783. The van der Waals surface area contributed by atoms with Crippen LogP contribution in [0.1, 0.15) is 18.9 Å². The molecule has 0 aromatic heterocycles. The molecule has 1 atom stereocenters. The number of carbonyl (C=O) groups excluding carboxylic acids is 1. The summed E-state index contributed by atoms with van der Waals surface area (Å²) in [7, 11) is 0. The lowest BCUT2D eigenvalue weighted by atomic mass is 10.1. The SMILES string of the molecule is CCC1C(=O)NCCN1c1ccc(CO)c(Br)c1. The maximum absolute atomic E-state index is 11.8. The largest absolute Gasteiger partial charge is 0.392 e. The molecule has 1 aromatic rings. The summed E-state index contributed by atoms with van der Waals surface area (Å²) in [6.45, 7) is 3.52. The highest BCUT2D eigenvalue weighted by molar-refractivity contribution is 9.10. The zero-order chi connectivity index (χ0) is 13.1. The van der Waals surface area contributed by atoms with E-state index in [0.29, 0.717) is 6.54 Å². The van der Waals surface area contributed by atoms with Crippen LogP contribution in [-0.4, -0.2) is 30.1 Å². The number of anilines is 1. The molecule has 1 fully saturated rings. The van der Waals surface area contributed by atoms with Gasteiger partial charge in [0, 0.05) is 23.2 Å². The predicted molar refractivity (Wildman–Crippen MR) is 74.5 cm³/mol. The fraction of sp³-hybridized carbons (Fsp3) is 0.462. The van der Waals surface area contributed by atoms with Crippen LogP contribution >= 0.6 is 15.9 Å². The monoisotopic (exact) mass is 312 g/mol. The van der Waals surface area contributed by atoms with Crippen LogP contribution in [0.15, 0.2) is 22.7 Å². The Morgan fingerprint density at radius 3 is 2.94 bits per heavy atom. The van der Waals surface area contributed by atoms with Crippen LogP contribution in [0.5, 0.6) is 0 Å². The van der Waals surface area contributed by atoms with E-state index in [4.69, 9.17) is 5.11 Å². The van der Waals surface area contributed by atoms with Gasteiger partial charge in [-0.1, -0.05) is 28.9 Å². The minimum Gasteiger partial charge on any atom is -0.392 e. The highest BCUT2D eigenvalue weighted by Crippen LogP contribution is 2.27. The van der Waals surface area contributed by atoms with Gasteiger partial charge in [-0.15, -0.1) is 0 Å². The third-order valence-electron chi connectivity index (χ3n) is 3.26. The Labute approximate surface area is 115 Å². The van der Waals surface area contributed by atoms with Crippen LogP contribution in [0.2, 0.25) is 0 Å². The maximum atomic E-state index is 11.8. The Morgan fingerprint density at radius 1 is 1.56 bits per heavy atom. The van der Waals surface area contributed by atoms with Gasteiger partial charge in [-0.2, -0.15) is 0 Å². The summed E-state index contributed by atoms with van der Waals surface area (Å²) in [5.74, 6) is 0.0890. The molecule has 4 nitrogen and oxygen atoms in total. The Bertz CT molecular complexity index is 451. The summed E-state index contributed by atoms with van der Waals surface area (Å²) < 4.78 is 0.878. The first kappa shape index (κ1) is 13.4. The Balaban J connectivity index is 2.29. The number of rotatable bonds is 3. The van der Waals surface area contributed by atoms with Gasteiger partial charge >= 0.3 is 0 Å². The molecule has 1 unspecified atom stereocenters. The van der Waals surface area contributed by atoms with Crippen molar-refractivity contribution in [1.82, 2.24) is 5.32 Å². The highest BCUT2D eigenvalue weighted by atomic mass is 79.9. The predicted octanol–water partition coefficient (Wildman–Crippen LogP) is 1.66. The van der Waals surface area contributed by atoms with Crippen molar-refractivity contribution in [3.8, 4) is 0 Å². The highest BCUT2D eigenvalue weighted by Gasteiger charge is 2.28. The number of carbonyl (C=O) groups is 1. The van der Waals surface area contributed by atoms with Gasteiger partial charge in [-0.3, -0.25) is 4.79 Å². The number of piperazine rings is 1. The van der Waals surface area contributed by atoms with Gasteiger partial charge in [0.2, 0.25) is 5.91 Å². The minimum atomic E-state index is -0.106. The van der Waals surface area contributed by atoms with Gasteiger partial charge in [0.05, 0.1) is 6.61 Å². The van der Waals surface area contributed by atoms with Crippen molar-refractivity contribution in [3.05, 3.63) is 28.2 Å². The average molecular weight is 313 g/mol. The number of aliphatic hydroxyl groups is 1. The van der Waals surface area contributed by atoms with Gasteiger partial charge in [0.25, 0.3) is 0 Å². The number of benzene rings is 1. The molecule has 98 valence electrons. The number of hydrogen-bond acceptors (Lipinski definition) is 3. The van der Waals surface area contributed by atoms with E-state index in [1.807, 2.05) is 25.1 Å². The zero-order valence-electron chi connectivity index (χ0n) is 10.3. The molecule has 1 aliphatic heterocycles. The first-order valence-corrected chi connectivity index (χ1v) is 6.90. The normalized spacial score (nSPS) is 19.8. The van der Waals surface area contributed by atoms with Gasteiger partial charge < -0.3 is 15.3 Å². The van der Waals surface area contributed by atoms with Crippen molar-refractivity contribution in [2.45, 2.75) is 26.0 Å². The van der Waals surface area contributed by atoms with Crippen molar-refractivity contribution >= 4 is 27.5 Å². The number of nitrogens with zero attached hydrogens (tertiary/aromatic N) is 1. The van der Waals surface area contributed by atoms with Crippen LogP contribution in [-0.2, 0) is 11.4 Å². The molecule has 0 radical (unpaired) electrons. The Morgan fingerprint density at radius 2 is 2.33 bits per heavy atom. The zero-order valence-corrected chi connectivity index (χ0v) is 11.9. The van der Waals surface area contributed by atoms with Crippen LogP contribution in [0.25, 0.3) is 0 Å². The lowest BCUT2D eigenvalue weighted by Gasteiger charge is -2.36. The van der Waals surface area contributed by atoms with E-state index >= 15 is 0 Å². The molecule has 2 rings (SSSR count). The van der Waals surface area contributed by atoms with E-state index < -0.39 is 0 Å². The van der Waals surface area contributed by atoms with E-state index in [9.17, 15) is 4.79 Å². The second-order valence-corrected chi connectivity index (χ2v) is 5.20. The number of hydrogen-bond donors (Lipinski definition) is 2. The second kappa shape index (κ2) is 5.71. The summed E-state index contributed by atoms with van der Waals surface area (Å²) in [5.41, 5.74) is 1.87. The Hall–Kier alpha value is -1.07. The molecule has 1 amide bonds. The molecule has 1 aromatic carbocycles. The molecule has 0 spiro atoms. The van der Waals surface area contributed by atoms with Crippen LogP contribution in [0, 0.1) is 0 Å². The second-order valence-electron chi connectivity index (χ2n) is 4.34.